The van der Waals surface area contributed by atoms with E-state index in [2.05, 4.69) is 60.5 Å². The standard InChI is InChI=1S/2C2H2N2S2.Co/c2*3-1-4-2(5)6;/h2*(H2,4,5,6);/q;;+2/p+4. The van der Waals surface area contributed by atoms with E-state index < -0.39 is 0 Å². The number of rotatable bonds is 0. The summed E-state index contributed by atoms with van der Waals surface area (Å²) < 4.78 is 0.829. The van der Waals surface area contributed by atoms with Gasteiger partial charge in [0.25, 0.3) is 0 Å². The number of nitriles is 2. The Bertz CT molecular complexity index is 226. The molecular formula is C4H8CoN4S4+6. The first-order chi connectivity index (χ1) is 5.54. The normalized spacial score (nSPS) is 5.69. The Kier molecular flexibility index (Phi) is 21.4. The molecule has 9 heteroatoms. The molecule has 1 radical (unpaired) electrons. The summed E-state index contributed by atoms with van der Waals surface area (Å²) in [4.78, 5) is 6.35. The Labute approximate surface area is 108 Å². The first-order valence-corrected chi connectivity index (χ1v) is 4.34. The van der Waals surface area contributed by atoms with Gasteiger partial charge in [-0.2, -0.15) is 10.5 Å². The zero-order valence-electron chi connectivity index (χ0n) is 6.12. The Morgan fingerprint density at radius 3 is 1.08 bits per heavy atom. The summed E-state index contributed by atoms with van der Waals surface area (Å²) in [5.74, 6) is 0. The maximum atomic E-state index is 7.74. The minimum absolute atomic E-state index is 0. The maximum Gasteiger partial charge on any atom is 2.00 e. The third-order valence-corrected chi connectivity index (χ3v) is 0.771. The van der Waals surface area contributed by atoms with Crippen LogP contribution in [0.4, 0.5) is 0 Å². The van der Waals surface area contributed by atoms with Gasteiger partial charge in [-0.25, -0.2) is 0 Å². The summed E-state index contributed by atoms with van der Waals surface area (Å²) >= 11 is 11.7. The second-order valence-corrected chi connectivity index (χ2v) is 4.02. The van der Waals surface area contributed by atoms with Crippen LogP contribution in [0.5, 0.6) is 0 Å². The van der Waals surface area contributed by atoms with E-state index in [0.717, 1.165) is 0 Å². The van der Waals surface area contributed by atoms with Crippen LogP contribution >= 0.6 is 0 Å². The summed E-state index contributed by atoms with van der Waals surface area (Å²) in [5, 5.41) is 15.5. The van der Waals surface area contributed by atoms with E-state index in [0.29, 0.717) is 8.75 Å². The quantitative estimate of drug-likeness (QED) is 0.218. The van der Waals surface area contributed by atoms with Gasteiger partial charge >= 0.3 is 25.5 Å². The molecule has 0 heterocycles. The van der Waals surface area contributed by atoms with Crippen LogP contribution in [0.2, 0.25) is 0 Å². The summed E-state index contributed by atoms with van der Waals surface area (Å²) in [5.41, 5.74) is 0. The van der Waals surface area contributed by atoms with Crippen molar-refractivity contribution in [2.75, 3.05) is 0 Å². The molecule has 13 heavy (non-hydrogen) atoms. The third-order valence-electron chi connectivity index (χ3n) is 0.324. The second-order valence-electron chi connectivity index (χ2n) is 1.12. The van der Waals surface area contributed by atoms with Crippen LogP contribution in [0.1, 0.15) is 0 Å². The zero-order valence-corrected chi connectivity index (χ0v) is 11.2. The van der Waals surface area contributed by atoms with Crippen molar-refractivity contribution in [2.45, 2.75) is 0 Å². The molecule has 0 aliphatic heterocycles. The van der Waals surface area contributed by atoms with E-state index in [-0.39, 0.29) is 16.8 Å². The Morgan fingerprint density at radius 2 is 1.08 bits per heavy atom. The fraction of sp³-hybridized carbons (Fsp3) is 0. The van der Waals surface area contributed by atoms with Gasteiger partial charge in [-0.1, -0.05) is 9.98 Å². The van der Waals surface area contributed by atoms with E-state index in [1.165, 1.54) is 0 Å². The SMILES string of the molecule is N#CN=C([SH2+])[SH2+].N#CN=C([SH2+])[SH2+].[Co+2]. The summed E-state index contributed by atoms with van der Waals surface area (Å²) in [7, 11) is 0. The van der Waals surface area contributed by atoms with Gasteiger partial charge in [0, 0.05) is 0 Å². The Hall–Kier alpha value is 0.226. The smallest absolute Gasteiger partial charge is 0.170 e. The molecule has 0 aliphatic carbocycles. The van der Waals surface area contributed by atoms with Gasteiger partial charge in [-0.05, 0) is 0 Å². The molecule has 4 nitrogen and oxygen atoms in total. The topological polar surface area (TPSA) is 72.3 Å². The van der Waals surface area contributed by atoms with Crippen molar-refractivity contribution in [1.29, 1.82) is 10.5 Å². The number of aliphatic imine (C=N–C) groups is 2. The Balaban J connectivity index is -0.000000143. The van der Waals surface area contributed by atoms with Crippen LogP contribution in [0, 0.1) is 22.9 Å². The average molecular weight is 299 g/mol. The predicted octanol–water partition coefficient (Wildman–Crippen LogP) is -2.31. The molecule has 71 valence electrons. The van der Waals surface area contributed by atoms with E-state index in [9.17, 15) is 0 Å². The molecule has 0 unspecified atom stereocenters. The van der Waals surface area contributed by atoms with Crippen LogP contribution in [-0.4, -0.2) is 8.75 Å². The minimum Gasteiger partial charge on any atom is -0.170 e. The van der Waals surface area contributed by atoms with E-state index >= 15 is 0 Å². The molecule has 0 rings (SSSR count). The van der Waals surface area contributed by atoms with Gasteiger partial charge in [-0.15, -0.1) is 0 Å². The van der Waals surface area contributed by atoms with Gasteiger partial charge in [0.05, 0.1) is 50.5 Å². The Morgan fingerprint density at radius 1 is 0.846 bits per heavy atom. The molecule has 0 aliphatic rings. The second kappa shape index (κ2) is 14.7. The predicted molar refractivity (Wildman–Crippen MR) is 66.7 cm³/mol. The van der Waals surface area contributed by atoms with Crippen molar-refractivity contribution in [2.24, 2.45) is 9.98 Å². The molecule has 0 saturated carbocycles. The first-order valence-electron chi connectivity index (χ1n) is 2.34. The van der Waals surface area contributed by atoms with Gasteiger partial charge in [0.15, 0.2) is 0 Å². The first kappa shape index (κ1) is 18.9. The monoisotopic (exact) mass is 299 g/mol. The summed E-state index contributed by atoms with van der Waals surface area (Å²) in [6, 6.07) is 0. The zero-order chi connectivity index (χ0) is 9.98. The fourth-order valence-corrected chi connectivity index (χ4v) is 0.300. The largest absolute Gasteiger partial charge is 2.00 e. The van der Waals surface area contributed by atoms with Crippen LogP contribution in [-0.2, 0) is 67.3 Å². The van der Waals surface area contributed by atoms with Crippen molar-refractivity contribution in [3.05, 3.63) is 0 Å². The molecule has 0 atom stereocenters. The average Bonchev–Trinajstić information content (AvgIpc) is 1.87. The molecule has 0 aromatic carbocycles. The van der Waals surface area contributed by atoms with E-state index in [4.69, 9.17) is 10.5 Å². The molecule has 0 saturated heterocycles. The molecular weight excluding hydrogens is 291 g/mol. The number of nitrogens with zero attached hydrogens (tertiary/aromatic N) is 4. The van der Waals surface area contributed by atoms with Gasteiger partial charge in [-0.3, -0.25) is 0 Å². The van der Waals surface area contributed by atoms with Gasteiger partial charge in [0.1, 0.15) is 0 Å². The van der Waals surface area contributed by atoms with Gasteiger partial charge in [0.2, 0.25) is 12.4 Å². The molecule has 0 bridgehead atoms. The molecule has 0 aromatic heterocycles. The molecule has 0 N–H and O–H groups in total. The van der Waals surface area contributed by atoms with Crippen LogP contribution in [0.15, 0.2) is 9.98 Å². The van der Waals surface area contributed by atoms with E-state index in [1.54, 1.807) is 12.4 Å². The summed E-state index contributed by atoms with van der Waals surface area (Å²) in [6.45, 7) is 0. The van der Waals surface area contributed by atoms with Crippen molar-refractivity contribution in [3.8, 4) is 12.4 Å². The third kappa shape index (κ3) is 33.0. The molecule has 0 amide bonds. The fourth-order valence-electron chi connectivity index (χ4n) is 0.100. The minimum atomic E-state index is 0. The van der Waals surface area contributed by atoms with Crippen molar-refractivity contribution >= 4 is 59.3 Å². The molecule has 0 spiro atoms. The number of hydrogen-bond acceptors (Lipinski definition) is 4. The van der Waals surface area contributed by atoms with Gasteiger partial charge < -0.3 is 0 Å². The molecule has 0 aromatic rings. The van der Waals surface area contributed by atoms with E-state index in [1.807, 2.05) is 0 Å². The summed E-state index contributed by atoms with van der Waals surface area (Å²) in [6.07, 6.45) is 3.12. The number of hydrogen-bond donors (Lipinski definition) is 0. The maximum absolute atomic E-state index is 7.74. The van der Waals surface area contributed by atoms with Crippen LogP contribution < -0.4 is 0 Å². The van der Waals surface area contributed by atoms with Crippen LogP contribution in [0.25, 0.3) is 0 Å². The van der Waals surface area contributed by atoms with Crippen molar-refractivity contribution < 1.29 is 16.8 Å². The van der Waals surface area contributed by atoms with Crippen molar-refractivity contribution in [1.82, 2.24) is 0 Å². The molecule has 0 fully saturated rings. The van der Waals surface area contributed by atoms with Crippen LogP contribution in [0.3, 0.4) is 0 Å². The van der Waals surface area contributed by atoms with Crippen molar-refractivity contribution in [3.63, 3.8) is 0 Å².